The largest absolute Gasteiger partial charge is 0.293 e. The van der Waals surface area contributed by atoms with Gasteiger partial charge in [-0.1, -0.05) is 24.6 Å². The van der Waals surface area contributed by atoms with Crippen LogP contribution in [0.1, 0.15) is 38.1 Å². The first-order valence-electron chi connectivity index (χ1n) is 6.42. The van der Waals surface area contributed by atoms with Gasteiger partial charge in [-0.05, 0) is 31.4 Å². The first kappa shape index (κ1) is 11.7. The highest BCUT2D eigenvalue weighted by Crippen LogP contribution is 2.32. The molecule has 3 rings (SSSR count). The van der Waals surface area contributed by atoms with Crippen LogP contribution in [-0.4, -0.2) is 9.55 Å². The Morgan fingerprint density at radius 3 is 2.83 bits per heavy atom. The van der Waals surface area contributed by atoms with Crippen molar-refractivity contribution in [1.82, 2.24) is 9.55 Å². The van der Waals surface area contributed by atoms with Gasteiger partial charge < -0.3 is 0 Å². The van der Waals surface area contributed by atoms with Crippen molar-refractivity contribution in [3.05, 3.63) is 39.4 Å². The fourth-order valence-electron chi connectivity index (χ4n) is 2.52. The fraction of sp³-hybridized carbons (Fsp3) is 0.429. The molecular weight excluding hydrogens is 248 g/mol. The van der Waals surface area contributed by atoms with Crippen molar-refractivity contribution in [2.75, 3.05) is 0 Å². The molecule has 0 amide bonds. The lowest BCUT2D eigenvalue weighted by molar-refractivity contribution is 0.297. The predicted molar refractivity (Wildman–Crippen MR) is 73.3 cm³/mol. The van der Waals surface area contributed by atoms with Crippen molar-refractivity contribution < 1.29 is 0 Å². The van der Waals surface area contributed by atoms with Gasteiger partial charge in [-0.3, -0.25) is 9.36 Å². The second-order valence-electron chi connectivity index (χ2n) is 4.78. The molecule has 4 heteroatoms. The number of hydrogen-bond acceptors (Lipinski definition) is 2. The highest BCUT2D eigenvalue weighted by atomic mass is 35.5. The highest BCUT2D eigenvalue weighted by Gasteiger charge is 2.24. The van der Waals surface area contributed by atoms with Crippen LogP contribution in [0, 0.1) is 0 Å². The van der Waals surface area contributed by atoms with Crippen LogP contribution >= 0.6 is 11.6 Å². The van der Waals surface area contributed by atoms with Crippen LogP contribution < -0.4 is 5.56 Å². The molecule has 18 heavy (non-hydrogen) atoms. The van der Waals surface area contributed by atoms with Gasteiger partial charge in [0.05, 0.1) is 15.9 Å². The summed E-state index contributed by atoms with van der Waals surface area (Å²) in [4.78, 5) is 17.2. The molecule has 0 N–H and O–H groups in total. The molecule has 0 unspecified atom stereocenters. The van der Waals surface area contributed by atoms with Crippen LogP contribution in [-0.2, 0) is 6.42 Å². The average molecular weight is 263 g/mol. The minimum Gasteiger partial charge on any atom is -0.293 e. The van der Waals surface area contributed by atoms with E-state index in [9.17, 15) is 4.79 Å². The van der Waals surface area contributed by atoms with Crippen molar-refractivity contribution in [2.24, 2.45) is 0 Å². The summed E-state index contributed by atoms with van der Waals surface area (Å²) in [5.41, 5.74) is 0.729. The topological polar surface area (TPSA) is 34.9 Å². The summed E-state index contributed by atoms with van der Waals surface area (Å²) in [5, 5.41) is 1.06. The van der Waals surface area contributed by atoms with E-state index < -0.39 is 0 Å². The second kappa shape index (κ2) is 4.39. The van der Waals surface area contributed by atoms with Crippen molar-refractivity contribution in [3.8, 4) is 0 Å². The Kier molecular flexibility index (Phi) is 2.86. The summed E-state index contributed by atoms with van der Waals surface area (Å²) in [6, 6.07) is 5.77. The number of hydrogen-bond donors (Lipinski definition) is 0. The fourth-order valence-corrected chi connectivity index (χ4v) is 2.77. The third-order valence-electron chi connectivity index (χ3n) is 3.71. The normalized spacial score (nSPS) is 15.9. The smallest absolute Gasteiger partial charge is 0.263 e. The zero-order valence-electron chi connectivity index (χ0n) is 10.3. The summed E-state index contributed by atoms with van der Waals surface area (Å²) in [5.74, 6) is 0.875. The highest BCUT2D eigenvalue weighted by molar-refractivity contribution is 6.35. The Bertz CT molecular complexity index is 659. The van der Waals surface area contributed by atoms with Crippen LogP contribution in [0.3, 0.4) is 0 Å². The van der Waals surface area contributed by atoms with E-state index in [1.807, 2.05) is 23.6 Å². The molecule has 94 valence electrons. The summed E-state index contributed by atoms with van der Waals surface area (Å²) in [6.45, 7) is 2.04. The molecule has 2 aromatic rings. The molecule has 0 atom stereocenters. The molecule has 1 heterocycles. The number of nitrogens with zero attached hydrogens (tertiary/aromatic N) is 2. The Morgan fingerprint density at radius 1 is 1.44 bits per heavy atom. The molecule has 0 aliphatic heterocycles. The van der Waals surface area contributed by atoms with Crippen molar-refractivity contribution in [2.45, 2.75) is 38.6 Å². The zero-order chi connectivity index (χ0) is 12.7. The van der Waals surface area contributed by atoms with Gasteiger partial charge in [0.15, 0.2) is 0 Å². The van der Waals surface area contributed by atoms with E-state index in [0.717, 1.165) is 25.1 Å². The van der Waals surface area contributed by atoms with E-state index in [0.29, 0.717) is 22.0 Å². The molecular formula is C14H15ClN2O. The summed E-state index contributed by atoms with van der Waals surface area (Å²) in [6.07, 6.45) is 4.12. The zero-order valence-corrected chi connectivity index (χ0v) is 11.1. The molecule has 1 aliphatic carbocycles. The molecule has 1 fully saturated rings. The van der Waals surface area contributed by atoms with Gasteiger partial charge in [0.2, 0.25) is 0 Å². The molecule has 0 spiro atoms. The van der Waals surface area contributed by atoms with Crippen LogP contribution in [0.2, 0.25) is 5.02 Å². The Labute approximate surface area is 110 Å². The maximum Gasteiger partial charge on any atom is 0.263 e. The number of rotatable bonds is 2. The molecule has 0 saturated heterocycles. The van der Waals surface area contributed by atoms with Gasteiger partial charge in [-0.15, -0.1) is 0 Å². The third-order valence-corrected chi connectivity index (χ3v) is 4.02. The summed E-state index contributed by atoms with van der Waals surface area (Å²) < 4.78 is 1.86. The van der Waals surface area contributed by atoms with E-state index in [1.165, 1.54) is 6.42 Å². The number of aromatic nitrogens is 2. The lowest BCUT2D eigenvalue weighted by Crippen LogP contribution is -2.32. The van der Waals surface area contributed by atoms with Gasteiger partial charge in [0.1, 0.15) is 5.82 Å². The predicted octanol–water partition coefficient (Wildman–Crippen LogP) is 3.34. The third kappa shape index (κ3) is 1.65. The minimum absolute atomic E-state index is 0.0205. The van der Waals surface area contributed by atoms with Gasteiger partial charge in [0, 0.05) is 12.5 Å². The maximum atomic E-state index is 12.6. The minimum atomic E-state index is 0.0205. The van der Waals surface area contributed by atoms with Gasteiger partial charge in [-0.2, -0.15) is 0 Å². The monoisotopic (exact) mass is 262 g/mol. The van der Waals surface area contributed by atoms with Gasteiger partial charge in [-0.25, -0.2) is 4.98 Å². The Hall–Kier alpha value is -1.35. The van der Waals surface area contributed by atoms with Crippen LogP contribution in [0.15, 0.2) is 23.0 Å². The number of halogens is 1. The van der Waals surface area contributed by atoms with Crippen LogP contribution in [0.4, 0.5) is 0 Å². The van der Waals surface area contributed by atoms with E-state index in [2.05, 4.69) is 4.98 Å². The SMILES string of the molecule is CCc1nc2cccc(Cl)c2c(=O)n1C1CCC1. The Balaban J connectivity index is 2.36. The number of fused-ring (bicyclic) bond motifs is 1. The quantitative estimate of drug-likeness (QED) is 0.832. The summed E-state index contributed by atoms with van der Waals surface area (Å²) >= 11 is 6.14. The van der Waals surface area contributed by atoms with E-state index in [1.54, 1.807) is 6.07 Å². The van der Waals surface area contributed by atoms with E-state index in [4.69, 9.17) is 11.6 Å². The molecule has 1 aromatic carbocycles. The van der Waals surface area contributed by atoms with Gasteiger partial charge >= 0.3 is 0 Å². The van der Waals surface area contributed by atoms with Crippen molar-refractivity contribution >= 4 is 22.5 Å². The van der Waals surface area contributed by atoms with Crippen LogP contribution in [0.5, 0.6) is 0 Å². The Morgan fingerprint density at radius 2 is 2.22 bits per heavy atom. The molecule has 0 radical (unpaired) electrons. The van der Waals surface area contributed by atoms with Crippen molar-refractivity contribution in [3.63, 3.8) is 0 Å². The van der Waals surface area contributed by atoms with Crippen LogP contribution in [0.25, 0.3) is 10.9 Å². The molecule has 1 aromatic heterocycles. The number of aryl methyl sites for hydroxylation is 1. The number of benzene rings is 1. The van der Waals surface area contributed by atoms with E-state index >= 15 is 0 Å². The molecule has 1 saturated carbocycles. The summed E-state index contributed by atoms with van der Waals surface area (Å²) in [7, 11) is 0. The maximum absolute atomic E-state index is 12.6. The first-order chi connectivity index (χ1) is 8.72. The lowest BCUT2D eigenvalue weighted by atomic mass is 9.92. The standard InChI is InChI=1S/C14H15ClN2O/c1-2-12-16-11-8-4-7-10(15)13(11)14(18)17(12)9-5-3-6-9/h4,7-9H,2-3,5-6H2,1H3. The van der Waals surface area contributed by atoms with Gasteiger partial charge in [0.25, 0.3) is 5.56 Å². The van der Waals surface area contributed by atoms with E-state index in [-0.39, 0.29) is 5.56 Å². The van der Waals surface area contributed by atoms with Crippen molar-refractivity contribution in [1.29, 1.82) is 0 Å². The molecule has 3 nitrogen and oxygen atoms in total. The average Bonchev–Trinajstić information content (AvgIpc) is 2.30. The molecule has 0 bridgehead atoms. The first-order valence-corrected chi connectivity index (χ1v) is 6.79. The lowest BCUT2D eigenvalue weighted by Gasteiger charge is -2.29. The second-order valence-corrected chi connectivity index (χ2v) is 5.18. The molecule has 1 aliphatic rings.